The summed E-state index contributed by atoms with van der Waals surface area (Å²) in [5.41, 5.74) is 1.18. The molecule has 0 aliphatic carbocycles. The molecule has 0 atom stereocenters. The quantitative estimate of drug-likeness (QED) is 0.820. The van der Waals surface area contributed by atoms with Gasteiger partial charge < -0.3 is 14.8 Å². The number of rotatable bonds is 4. The number of hydrogen-bond acceptors (Lipinski definition) is 4. The first-order valence-corrected chi connectivity index (χ1v) is 4.70. The first-order chi connectivity index (χ1) is 7.75. The number of aromatic carboxylic acids is 1. The Morgan fingerprint density at radius 2 is 2.31 bits per heavy atom. The van der Waals surface area contributed by atoms with Crippen molar-refractivity contribution in [3.63, 3.8) is 0 Å². The van der Waals surface area contributed by atoms with E-state index in [1.807, 2.05) is 6.07 Å². The molecule has 0 fully saturated rings. The Morgan fingerprint density at radius 3 is 2.88 bits per heavy atom. The third-order valence-corrected chi connectivity index (χ3v) is 2.06. The molecule has 16 heavy (non-hydrogen) atoms. The van der Waals surface area contributed by atoms with Crippen molar-refractivity contribution >= 4 is 11.8 Å². The number of furan rings is 1. The molecule has 0 aliphatic heterocycles. The largest absolute Gasteiger partial charge is 0.478 e. The fraction of sp³-hybridized carbons (Fsp3) is 0.0909. The maximum absolute atomic E-state index is 10.6. The van der Waals surface area contributed by atoms with Crippen molar-refractivity contribution in [1.29, 1.82) is 0 Å². The molecule has 2 heterocycles. The minimum absolute atomic E-state index is 0.175. The van der Waals surface area contributed by atoms with Crippen molar-refractivity contribution in [2.24, 2.45) is 0 Å². The second-order valence-electron chi connectivity index (χ2n) is 3.22. The summed E-state index contributed by atoms with van der Waals surface area (Å²) in [5.74, 6) is -0.347. The summed E-state index contributed by atoms with van der Waals surface area (Å²) in [6.07, 6.45) is 4.55. The van der Waals surface area contributed by atoms with Crippen molar-refractivity contribution in [1.82, 2.24) is 4.98 Å². The second-order valence-corrected chi connectivity index (χ2v) is 3.22. The van der Waals surface area contributed by atoms with Crippen LogP contribution in [0.5, 0.6) is 0 Å². The molecule has 2 aromatic heterocycles. The highest BCUT2D eigenvalue weighted by Crippen LogP contribution is 2.07. The molecular weight excluding hydrogens is 208 g/mol. The van der Waals surface area contributed by atoms with Gasteiger partial charge in [0.05, 0.1) is 18.1 Å². The smallest absolute Gasteiger partial charge is 0.337 e. The normalized spacial score (nSPS) is 10.0. The predicted octanol–water partition coefficient (Wildman–Crippen LogP) is 1.98. The Morgan fingerprint density at radius 1 is 1.44 bits per heavy atom. The number of hydrogen-bond donors (Lipinski definition) is 2. The molecule has 0 saturated heterocycles. The molecule has 2 rings (SSSR count). The third kappa shape index (κ3) is 2.38. The maximum Gasteiger partial charge on any atom is 0.337 e. The second kappa shape index (κ2) is 4.48. The summed E-state index contributed by atoms with van der Waals surface area (Å²) >= 11 is 0. The van der Waals surface area contributed by atoms with Gasteiger partial charge in [0.15, 0.2) is 0 Å². The standard InChI is InChI=1S/C11H10N2O3/c14-11(15)9-1-2-10(13-6-9)12-5-8-3-4-16-7-8/h1-4,6-7H,5H2,(H,12,13)(H,14,15). The third-order valence-electron chi connectivity index (χ3n) is 2.06. The average Bonchev–Trinajstić information content (AvgIpc) is 2.80. The summed E-state index contributed by atoms with van der Waals surface area (Å²) in [5, 5.41) is 11.7. The van der Waals surface area contributed by atoms with Crippen molar-refractivity contribution < 1.29 is 14.3 Å². The van der Waals surface area contributed by atoms with Crippen LogP contribution in [-0.4, -0.2) is 16.1 Å². The van der Waals surface area contributed by atoms with Crippen LogP contribution >= 0.6 is 0 Å². The van der Waals surface area contributed by atoms with Crippen molar-refractivity contribution in [2.75, 3.05) is 5.32 Å². The lowest BCUT2D eigenvalue weighted by Gasteiger charge is -2.03. The molecule has 82 valence electrons. The maximum atomic E-state index is 10.6. The van der Waals surface area contributed by atoms with Crippen molar-refractivity contribution in [2.45, 2.75) is 6.54 Å². The molecule has 0 bridgehead atoms. The van der Waals surface area contributed by atoms with Crippen LogP contribution in [0.3, 0.4) is 0 Å². The number of carbonyl (C=O) groups is 1. The number of pyridine rings is 1. The fourth-order valence-electron chi connectivity index (χ4n) is 1.21. The Balaban J connectivity index is 1.98. The van der Waals surface area contributed by atoms with Crippen LogP contribution in [0.4, 0.5) is 5.82 Å². The molecule has 0 aromatic carbocycles. The van der Waals surface area contributed by atoms with E-state index in [1.165, 1.54) is 12.3 Å². The molecule has 0 spiro atoms. The number of carboxylic acid groups (broad SMARTS) is 1. The van der Waals surface area contributed by atoms with Gasteiger partial charge in [-0.2, -0.15) is 0 Å². The minimum atomic E-state index is -0.978. The summed E-state index contributed by atoms with van der Waals surface area (Å²) in [6.45, 7) is 0.593. The Hall–Kier alpha value is -2.30. The number of nitrogens with one attached hydrogen (secondary N) is 1. The highest BCUT2D eigenvalue weighted by molar-refractivity contribution is 5.87. The van der Waals surface area contributed by atoms with Crippen LogP contribution in [0.15, 0.2) is 41.3 Å². The summed E-state index contributed by atoms with van der Waals surface area (Å²) in [6, 6.07) is 4.98. The van der Waals surface area contributed by atoms with Gasteiger partial charge in [-0.15, -0.1) is 0 Å². The van der Waals surface area contributed by atoms with E-state index in [1.54, 1.807) is 18.6 Å². The SMILES string of the molecule is O=C(O)c1ccc(NCc2ccoc2)nc1. The number of nitrogens with zero attached hydrogens (tertiary/aromatic N) is 1. The van der Waals surface area contributed by atoms with Crippen LogP contribution in [-0.2, 0) is 6.54 Å². The zero-order chi connectivity index (χ0) is 11.4. The van der Waals surface area contributed by atoms with E-state index in [-0.39, 0.29) is 5.56 Å². The van der Waals surface area contributed by atoms with E-state index >= 15 is 0 Å². The summed E-state index contributed by atoms with van der Waals surface area (Å²) in [7, 11) is 0. The van der Waals surface area contributed by atoms with E-state index in [4.69, 9.17) is 9.52 Å². The monoisotopic (exact) mass is 218 g/mol. The van der Waals surface area contributed by atoms with Crippen LogP contribution in [0.25, 0.3) is 0 Å². The van der Waals surface area contributed by atoms with Crippen molar-refractivity contribution in [3.8, 4) is 0 Å². The van der Waals surface area contributed by atoms with E-state index in [0.717, 1.165) is 5.56 Å². The Labute approximate surface area is 91.7 Å². The fourth-order valence-corrected chi connectivity index (χ4v) is 1.21. The molecule has 5 heteroatoms. The predicted molar refractivity (Wildman–Crippen MR) is 57.2 cm³/mol. The van der Waals surface area contributed by atoms with Gasteiger partial charge in [0, 0.05) is 18.3 Å². The molecule has 0 amide bonds. The van der Waals surface area contributed by atoms with Crippen molar-refractivity contribution in [3.05, 3.63) is 48.0 Å². The Kier molecular flexibility index (Phi) is 2.86. The highest BCUT2D eigenvalue weighted by Gasteiger charge is 2.02. The lowest BCUT2D eigenvalue weighted by Crippen LogP contribution is -2.02. The van der Waals surface area contributed by atoms with E-state index in [0.29, 0.717) is 12.4 Å². The average molecular weight is 218 g/mol. The van der Waals surface area contributed by atoms with Gasteiger partial charge >= 0.3 is 5.97 Å². The molecule has 2 N–H and O–H groups in total. The molecule has 0 aliphatic rings. The summed E-state index contributed by atoms with van der Waals surface area (Å²) in [4.78, 5) is 14.6. The van der Waals surface area contributed by atoms with E-state index < -0.39 is 5.97 Å². The topological polar surface area (TPSA) is 75.4 Å². The zero-order valence-electron chi connectivity index (χ0n) is 8.38. The number of anilines is 1. The molecular formula is C11H10N2O3. The van der Waals surface area contributed by atoms with Gasteiger partial charge in [0.1, 0.15) is 5.82 Å². The van der Waals surface area contributed by atoms with Gasteiger partial charge in [0.2, 0.25) is 0 Å². The zero-order valence-corrected chi connectivity index (χ0v) is 8.38. The first kappa shape index (κ1) is 10.2. The lowest BCUT2D eigenvalue weighted by atomic mass is 10.3. The molecule has 0 unspecified atom stereocenters. The van der Waals surface area contributed by atoms with Crippen LogP contribution in [0.1, 0.15) is 15.9 Å². The van der Waals surface area contributed by atoms with Crippen LogP contribution < -0.4 is 5.32 Å². The number of carboxylic acids is 1. The molecule has 5 nitrogen and oxygen atoms in total. The van der Waals surface area contributed by atoms with Gasteiger partial charge in [-0.3, -0.25) is 0 Å². The van der Waals surface area contributed by atoms with Gasteiger partial charge in [-0.05, 0) is 18.2 Å². The van der Waals surface area contributed by atoms with Crippen LogP contribution in [0, 0.1) is 0 Å². The van der Waals surface area contributed by atoms with Crippen LogP contribution in [0.2, 0.25) is 0 Å². The molecule has 0 radical (unpaired) electrons. The Bertz CT molecular complexity index is 462. The lowest BCUT2D eigenvalue weighted by molar-refractivity contribution is 0.0696. The molecule has 0 saturated carbocycles. The highest BCUT2D eigenvalue weighted by atomic mass is 16.4. The summed E-state index contributed by atoms with van der Waals surface area (Å²) < 4.78 is 4.92. The van der Waals surface area contributed by atoms with Gasteiger partial charge in [-0.25, -0.2) is 9.78 Å². The van der Waals surface area contributed by atoms with Gasteiger partial charge in [-0.1, -0.05) is 0 Å². The van der Waals surface area contributed by atoms with E-state index in [9.17, 15) is 4.79 Å². The number of aromatic nitrogens is 1. The molecule has 2 aromatic rings. The minimum Gasteiger partial charge on any atom is -0.478 e. The van der Waals surface area contributed by atoms with Gasteiger partial charge in [0.25, 0.3) is 0 Å². The first-order valence-electron chi connectivity index (χ1n) is 4.70. The van der Waals surface area contributed by atoms with E-state index in [2.05, 4.69) is 10.3 Å².